The minimum Gasteiger partial charge on any atom is -0.325 e. The van der Waals surface area contributed by atoms with Crippen molar-refractivity contribution in [3.8, 4) is 0 Å². The van der Waals surface area contributed by atoms with E-state index >= 15 is 0 Å². The Morgan fingerprint density at radius 3 is 3.00 bits per heavy atom. The number of fused-ring (bicyclic) bond motifs is 1. The minimum absolute atomic E-state index is 0.00187. The number of anilines is 1. The van der Waals surface area contributed by atoms with Crippen LogP contribution in [0.15, 0.2) is 23.2 Å². The Kier molecular flexibility index (Phi) is 4.20. The minimum atomic E-state index is -0.402. The Hall–Kier alpha value is -1.82. The molecule has 0 radical (unpaired) electrons. The molecule has 3 rings (SSSR count). The van der Waals surface area contributed by atoms with Crippen molar-refractivity contribution in [1.29, 1.82) is 0 Å². The SMILES string of the molecule is Cc1ccc(NC(=O)C2CC(=O)N3CCCN=C3S2)c(C)c1. The summed E-state index contributed by atoms with van der Waals surface area (Å²) in [5, 5.41) is 3.23. The number of hydrogen-bond donors (Lipinski definition) is 1. The topological polar surface area (TPSA) is 61.8 Å². The first-order valence-corrected chi connectivity index (χ1v) is 8.32. The lowest BCUT2D eigenvalue weighted by Gasteiger charge is -2.33. The predicted octanol–water partition coefficient (Wildman–Crippen LogP) is 2.34. The number of rotatable bonds is 2. The third kappa shape index (κ3) is 3.02. The molecule has 1 aromatic rings. The van der Waals surface area contributed by atoms with Gasteiger partial charge in [-0.05, 0) is 31.9 Å². The lowest BCUT2D eigenvalue weighted by molar-refractivity contribution is -0.129. The summed E-state index contributed by atoms with van der Waals surface area (Å²) in [6, 6.07) is 5.90. The molecular formula is C16H19N3O2S. The number of benzene rings is 1. The van der Waals surface area contributed by atoms with E-state index in [2.05, 4.69) is 10.3 Å². The fourth-order valence-electron chi connectivity index (χ4n) is 2.67. The third-order valence-corrected chi connectivity index (χ3v) is 5.08. The normalized spacial score (nSPS) is 21.2. The van der Waals surface area contributed by atoms with Crippen molar-refractivity contribution in [1.82, 2.24) is 4.90 Å². The number of nitrogens with one attached hydrogen (secondary N) is 1. The maximum Gasteiger partial charge on any atom is 0.238 e. The van der Waals surface area contributed by atoms with Gasteiger partial charge in [0.25, 0.3) is 0 Å². The maximum absolute atomic E-state index is 12.5. The fourth-order valence-corrected chi connectivity index (χ4v) is 3.80. The average Bonchev–Trinajstić information content (AvgIpc) is 2.50. The lowest BCUT2D eigenvalue weighted by atomic mass is 10.1. The van der Waals surface area contributed by atoms with Gasteiger partial charge in [-0.2, -0.15) is 0 Å². The molecule has 1 N–H and O–H groups in total. The van der Waals surface area contributed by atoms with Crippen LogP contribution in [0.4, 0.5) is 5.69 Å². The number of thioether (sulfide) groups is 1. The molecule has 1 fully saturated rings. The van der Waals surface area contributed by atoms with E-state index in [0.29, 0.717) is 5.17 Å². The van der Waals surface area contributed by atoms with Crippen LogP contribution < -0.4 is 5.32 Å². The second-order valence-electron chi connectivity index (χ2n) is 5.68. The van der Waals surface area contributed by atoms with Crippen LogP contribution in [0.3, 0.4) is 0 Å². The first-order valence-electron chi connectivity index (χ1n) is 7.44. The van der Waals surface area contributed by atoms with Crippen molar-refractivity contribution in [3.63, 3.8) is 0 Å². The van der Waals surface area contributed by atoms with Crippen LogP contribution in [-0.2, 0) is 9.59 Å². The zero-order chi connectivity index (χ0) is 15.7. The number of carbonyl (C=O) groups is 2. The third-order valence-electron chi connectivity index (χ3n) is 3.86. The van der Waals surface area contributed by atoms with E-state index in [-0.39, 0.29) is 18.2 Å². The summed E-state index contributed by atoms with van der Waals surface area (Å²) in [6.07, 6.45) is 1.13. The number of amides is 2. The van der Waals surface area contributed by atoms with Crippen LogP contribution in [0.5, 0.6) is 0 Å². The molecule has 1 saturated heterocycles. The molecule has 0 aromatic heterocycles. The van der Waals surface area contributed by atoms with Gasteiger partial charge in [-0.1, -0.05) is 29.5 Å². The van der Waals surface area contributed by atoms with E-state index in [0.717, 1.165) is 36.3 Å². The van der Waals surface area contributed by atoms with Gasteiger partial charge in [0.15, 0.2) is 5.17 Å². The molecule has 22 heavy (non-hydrogen) atoms. The van der Waals surface area contributed by atoms with Crippen LogP contribution in [-0.4, -0.2) is 40.2 Å². The van der Waals surface area contributed by atoms with Crippen molar-refractivity contribution < 1.29 is 9.59 Å². The second-order valence-corrected chi connectivity index (χ2v) is 6.85. The molecule has 0 aliphatic carbocycles. The Morgan fingerprint density at radius 2 is 2.23 bits per heavy atom. The Morgan fingerprint density at radius 1 is 1.41 bits per heavy atom. The quantitative estimate of drug-likeness (QED) is 0.910. The number of nitrogens with zero attached hydrogens (tertiary/aromatic N) is 2. The standard InChI is InChI=1S/C16H19N3O2S/c1-10-4-5-12(11(2)8-10)18-15(21)13-9-14(20)19-7-3-6-17-16(19)22-13/h4-5,8,13H,3,6-7,9H2,1-2H3,(H,18,21). The van der Waals surface area contributed by atoms with Gasteiger partial charge < -0.3 is 5.32 Å². The monoisotopic (exact) mass is 317 g/mol. The average molecular weight is 317 g/mol. The summed E-state index contributed by atoms with van der Waals surface area (Å²) < 4.78 is 0. The largest absolute Gasteiger partial charge is 0.325 e. The molecule has 2 aliphatic heterocycles. The van der Waals surface area contributed by atoms with Gasteiger partial charge in [0.1, 0.15) is 5.25 Å². The number of carbonyl (C=O) groups excluding carboxylic acids is 2. The summed E-state index contributed by atoms with van der Waals surface area (Å²) in [5.41, 5.74) is 2.98. The molecule has 0 spiro atoms. The molecular weight excluding hydrogens is 298 g/mol. The highest BCUT2D eigenvalue weighted by Gasteiger charge is 2.36. The number of hydrogen-bond acceptors (Lipinski definition) is 4. The van der Waals surface area contributed by atoms with Gasteiger partial charge in [-0.3, -0.25) is 19.5 Å². The van der Waals surface area contributed by atoms with Crippen molar-refractivity contribution in [3.05, 3.63) is 29.3 Å². The van der Waals surface area contributed by atoms with Crippen LogP contribution in [0.1, 0.15) is 24.0 Å². The zero-order valence-corrected chi connectivity index (χ0v) is 13.6. The Labute approximate surface area is 134 Å². The second kappa shape index (κ2) is 6.12. The fraction of sp³-hybridized carbons (Fsp3) is 0.438. The molecule has 1 atom stereocenters. The van der Waals surface area contributed by atoms with E-state index in [1.807, 2.05) is 32.0 Å². The summed E-state index contributed by atoms with van der Waals surface area (Å²) in [4.78, 5) is 30.7. The molecule has 1 aromatic carbocycles. The first kappa shape index (κ1) is 15.1. The number of amidine groups is 1. The van der Waals surface area contributed by atoms with Crippen LogP contribution in [0, 0.1) is 13.8 Å². The molecule has 5 nitrogen and oxygen atoms in total. The summed E-state index contributed by atoms with van der Waals surface area (Å²) in [7, 11) is 0. The van der Waals surface area contributed by atoms with E-state index in [1.54, 1.807) is 4.90 Å². The van der Waals surface area contributed by atoms with E-state index in [1.165, 1.54) is 11.8 Å². The van der Waals surface area contributed by atoms with Crippen molar-refractivity contribution >= 4 is 34.4 Å². The molecule has 0 bridgehead atoms. The van der Waals surface area contributed by atoms with Crippen molar-refractivity contribution in [2.24, 2.45) is 4.99 Å². The van der Waals surface area contributed by atoms with Gasteiger partial charge in [0.05, 0.1) is 0 Å². The highest BCUT2D eigenvalue weighted by atomic mass is 32.2. The van der Waals surface area contributed by atoms with Crippen molar-refractivity contribution in [2.75, 3.05) is 18.4 Å². The van der Waals surface area contributed by atoms with E-state index in [4.69, 9.17) is 0 Å². The van der Waals surface area contributed by atoms with Gasteiger partial charge >= 0.3 is 0 Å². The zero-order valence-electron chi connectivity index (χ0n) is 12.8. The Balaban J connectivity index is 1.72. The summed E-state index contributed by atoms with van der Waals surface area (Å²) in [6.45, 7) is 5.44. The molecule has 1 unspecified atom stereocenters. The molecule has 6 heteroatoms. The van der Waals surface area contributed by atoms with Crippen LogP contribution in [0.2, 0.25) is 0 Å². The number of aryl methyl sites for hydroxylation is 2. The summed E-state index contributed by atoms with van der Waals surface area (Å²) >= 11 is 1.40. The summed E-state index contributed by atoms with van der Waals surface area (Å²) in [5.74, 6) is -0.129. The maximum atomic E-state index is 12.5. The van der Waals surface area contributed by atoms with E-state index in [9.17, 15) is 9.59 Å². The van der Waals surface area contributed by atoms with E-state index < -0.39 is 5.25 Å². The smallest absolute Gasteiger partial charge is 0.238 e. The van der Waals surface area contributed by atoms with Gasteiger partial charge in [0.2, 0.25) is 11.8 Å². The van der Waals surface area contributed by atoms with Gasteiger partial charge in [0, 0.05) is 25.2 Å². The van der Waals surface area contributed by atoms with Gasteiger partial charge in [-0.15, -0.1) is 0 Å². The first-order chi connectivity index (χ1) is 10.5. The van der Waals surface area contributed by atoms with Crippen LogP contribution in [0.25, 0.3) is 0 Å². The molecule has 2 aliphatic rings. The predicted molar refractivity (Wildman–Crippen MR) is 89.2 cm³/mol. The van der Waals surface area contributed by atoms with Crippen LogP contribution >= 0.6 is 11.8 Å². The Bertz CT molecular complexity index is 657. The number of aliphatic imine (C=N–C) groups is 1. The highest BCUT2D eigenvalue weighted by molar-refractivity contribution is 8.15. The molecule has 116 valence electrons. The molecule has 0 saturated carbocycles. The molecule has 2 amide bonds. The van der Waals surface area contributed by atoms with Gasteiger partial charge in [-0.25, -0.2) is 0 Å². The van der Waals surface area contributed by atoms with Crippen molar-refractivity contribution in [2.45, 2.75) is 31.9 Å². The molecule has 2 heterocycles. The highest BCUT2D eigenvalue weighted by Crippen LogP contribution is 2.29. The lowest BCUT2D eigenvalue weighted by Crippen LogP contribution is -2.47.